The number of benzene rings is 2. The summed E-state index contributed by atoms with van der Waals surface area (Å²) in [5, 5.41) is 15.1. The molecule has 128 valence electrons. The Hall–Kier alpha value is -2.38. The highest BCUT2D eigenvalue weighted by Gasteiger charge is 2.09. The fraction of sp³-hybridized carbons (Fsp3) is 0.167. The summed E-state index contributed by atoms with van der Waals surface area (Å²) in [4.78, 5) is 12.0. The number of hydrogen-bond acceptors (Lipinski definition) is 6. The zero-order valence-corrected chi connectivity index (χ0v) is 15.6. The fourth-order valence-electron chi connectivity index (χ4n) is 2.11. The van der Waals surface area contributed by atoms with Crippen LogP contribution in [0.2, 0.25) is 0 Å². The van der Waals surface area contributed by atoms with Gasteiger partial charge in [-0.15, -0.1) is 10.2 Å². The molecule has 25 heavy (non-hydrogen) atoms. The summed E-state index contributed by atoms with van der Waals surface area (Å²) in [6, 6.07) is 15.7. The summed E-state index contributed by atoms with van der Waals surface area (Å²) in [5.74, 6) is 0.241. The number of thioether (sulfide) groups is 1. The Morgan fingerprint density at radius 1 is 1.08 bits per heavy atom. The van der Waals surface area contributed by atoms with Gasteiger partial charge in [0.15, 0.2) is 4.34 Å². The monoisotopic (exact) mass is 370 g/mol. The third-order valence-corrected chi connectivity index (χ3v) is 5.43. The minimum absolute atomic E-state index is 0.0579. The van der Waals surface area contributed by atoms with E-state index in [1.807, 2.05) is 62.4 Å². The smallest absolute Gasteiger partial charge is 0.234 e. The van der Waals surface area contributed by atoms with Crippen LogP contribution in [0, 0.1) is 13.8 Å². The first kappa shape index (κ1) is 17.4. The van der Waals surface area contributed by atoms with Crippen LogP contribution in [0.5, 0.6) is 0 Å². The summed E-state index contributed by atoms with van der Waals surface area (Å²) in [5.41, 5.74) is 4.11. The van der Waals surface area contributed by atoms with Crippen LogP contribution in [0.3, 0.4) is 0 Å². The molecule has 0 saturated carbocycles. The first-order valence-electron chi connectivity index (χ1n) is 7.75. The average molecular weight is 371 g/mol. The van der Waals surface area contributed by atoms with Gasteiger partial charge in [0.25, 0.3) is 0 Å². The highest BCUT2D eigenvalue weighted by molar-refractivity contribution is 8.01. The Bertz CT molecular complexity index is 862. The number of carbonyl (C=O) groups is 1. The van der Waals surface area contributed by atoms with E-state index in [0.29, 0.717) is 5.75 Å². The predicted molar refractivity (Wildman–Crippen MR) is 105 cm³/mol. The second-order valence-corrected chi connectivity index (χ2v) is 7.72. The molecule has 3 rings (SSSR count). The largest absolute Gasteiger partial charge is 0.330 e. The summed E-state index contributed by atoms with van der Waals surface area (Å²) in [7, 11) is 0. The summed E-state index contributed by atoms with van der Waals surface area (Å²) in [6.45, 7) is 4.05. The Balaban J connectivity index is 1.52. The summed E-state index contributed by atoms with van der Waals surface area (Å²) >= 11 is 2.82. The molecule has 0 aliphatic carbocycles. The number of anilines is 3. The SMILES string of the molecule is Cc1ccc(NC(=O)CSc2nnc(Nc3ccccc3C)s2)cc1. The van der Waals surface area contributed by atoms with Gasteiger partial charge in [-0.1, -0.05) is 59.0 Å². The number of aromatic nitrogens is 2. The maximum Gasteiger partial charge on any atom is 0.234 e. The zero-order chi connectivity index (χ0) is 17.6. The molecule has 2 aromatic carbocycles. The molecule has 5 nitrogen and oxygen atoms in total. The molecule has 0 bridgehead atoms. The summed E-state index contributed by atoms with van der Waals surface area (Å²) in [6.07, 6.45) is 0. The van der Waals surface area contributed by atoms with Gasteiger partial charge in [0.1, 0.15) is 0 Å². The van der Waals surface area contributed by atoms with Crippen molar-refractivity contribution < 1.29 is 4.79 Å². The van der Waals surface area contributed by atoms with Crippen molar-refractivity contribution in [1.82, 2.24) is 10.2 Å². The highest BCUT2D eigenvalue weighted by atomic mass is 32.2. The van der Waals surface area contributed by atoms with E-state index < -0.39 is 0 Å². The van der Waals surface area contributed by atoms with Crippen LogP contribution in [-0.4, -0.2) is 21.9 Å². The first-order chi connectivity index (χ1) is 12.1. The molecule has 0 radical (unpaired) electrons. The lowest BCUT2D eigenvalue weighted by Crippen LogP contribution is -2.13. The predicted octanol–water partition coefficient (Wildman–Crippen LogP) is 4.63. The minimum Gasteiger partial charge on any atom is -0.330 e. The van der Waals surface area contributed by atoms with Crippen LogP contribution in [-0.2, 0) is 4.79 Å². The molecule has 0 unspecified atom stereocenters. The molecule has 3 aromatic rings. The molecule has 0 spiro atoms. The van der Waals surface area contributed by atoms with Crippen molar-refractivity contribution in [2.75, 3.05) is 16.4 Å². The molecule has 0 saturated heterocycles. The molecule has 1 aromatic heterocycles. The number of nitrogens with one attached hydrogen (secondary N) is 2. The molecule has 0 atom stereocenters. The van der Waals surface area contributed by atoms with E-state index in [9.17, 15) is 4.79 Å². The zero-order valence-electron chi connectivity index (χ0n) is 13.9. The molecule has 1 amide bonds. The van der Waals surface area contributed by atoms with Crippen molar-refractivity contribution in [2.45, 2.75) is 18.2 Å². The van der Waals surface area contributed by atoms with E-state index in [-0.39, 0.29) is 5.91 Å². The Morgan fingerprint density at radius 2 is 1.84 bits per heavy atom. The lowest BCUT2D eigenvalue weighted by molar-refractivity contribution is -0.113. The van der Waals surface area contributed by atoms with Crippen LogP contribution < -0.4 is 10.6 Å². The van der Waals surface area contributed by atoms with Crippen LogP contribution in [0.15, 0.2) is 52.9 Å². The van der Waals surface area contributed by atoms with E-state index in [2.05, 4.69) is 20.8 Å². The molecule has 1 heterocycles. The van der Waals surface area contributed by atoms with E-state index in [4.69, 9.17) is 0 Å². The van der Waals surface area contributed by atoms with E-state index in [0.717, 1.165) is 32.0 Å². The number of para-hydroxylation sites is 1. The molecule has 7 heteroatoms. The maximum absolute atomic E-state index is 12.0. The normalized spacial score (nSPS) is 10.5. The number of nitrogens with zero attached hydrogens (tertiary/aromatic N) is 2. The van der Waals surface area contributed by atoms with Crippen LogP contribution in [0.1, 0.15) is 11.1 Å². The van der Waals surface area contributed by atoms with Crippen molar-refractivity contribution >= 4 is 45.5 Å². The van der Waals surface area contributed by atoms with Gasteiger partial charge in [0, 0.05) is 11.4 Å². The minimum atomic E-state index is -0.0579. The average Bonchev–Trinajstić information content (AvgIpc) is 3.05. The fourth-order valence-corrected chi connectivity index (χ4v) is 3.67. The molecule has 0 aliphatic rings. The molecule has 2 N–H and O–H groups in total. The first-order valence-corrected chi connectivity index (χ1v) is 9.56. The van der Waals surface area contributed by atoms with Gasteiger partial charge >= 0.3 is 0 Å². The van der Waals surface area contributed by atoms with E-state index in [1.165, 1.54) is 23.1 Å². The molecular weight excluding hydrogens is 352 g/mol. The van der Waals surface area contributed by atoms with Crippen LogP contribution in [0.25, 0.3) is 0 Å². The van der Waals surface area contributed by atoms with Gasteiger partial charge in [-0.3, -0.25) is 4.79 Å². The third-order valence-electron chi connectivity index (χ3n) is 3.46. The Kier molecular flexibility index (Phi) is 5.67. The second kappa shape index (κ2) is 8.13. The van der Waals surface area contributed by atoms with Gasteiger partial charge in [-0.05, 0) is 37.6 Å². The molecule has 0 aliphatic heterocycles. The van der Waals surface area contributed by atoms with Crippen LogP contribution >= 0.6 is 23.1 Å². The lowest BCUT2D eigenvalue weighted by atomic mass is 10.2. The van der Waals surface area contributed by atoms with Crippen molar-refractivity contribution in [3.8, 4) is 0 Å². The van der Waals surface area contributed by atoms with Crippen LogP contribution in [0.4, 0.5) is 16.5 Å². The second-order valence-electron chi connectivity index (χ2n) is 5.52. The molecular formula is C18H18N4OS2. The van der Waals surface area contributed by atoms with E-state index in [1.54, 1.807) is 0 Å². The van der Waals surface area contributed by atoms with Gasteiger partial charge in [0.2, 0.25) is 11.0 Å². The maximum atomic E-state index is 12.0. The number of hydrogen-bond donors (Lipinski definition) is 2. The number of carbonyl (C=O) groups excluding carboxylic acids is 1. The van der Waals surface area contributed by atoms with Crippen molar-refractivity contribution in [2.24, 2.45) is 0 Å². The van der Waals surface area contributed by atoms with Gasteiger partial charge in [-0.2, -0.15) is 0 Å². The van der Waals surface area contributed by atoms with Crippen molar-refractivity contribution in [1.29, 1.82) is 0 Å². The quantitative estimate of drug-likeness (QED) is 0.619. The number of aryl methyl sites for hydroxylation is 2. The topological polar surface area (TPSA) is 66.9 Å². The summed E-state index contributed by atoms with van der Waals surface area (Å²) < 4.78 is 0.759. The Morgan fingerprint density at radius 3 is 2.60 bits per heavy atom. The van der Waals surface area contributed by atoms with Gasteiger partial charge in [-0.25, -0.2) is 0 Å². The van der Waals surface area contributed by atoms with Crippen molar-refractivity contribution in [3.63, 3.8) is 0 Å². The number of amides is 1. The standard InChI is InChI=1S/C18H18N4OS2/c1-12-7-9-14(10-8-12)19-16(23)11-24-18-22-21-17(25-18)20-15-6-4-3-5-13(15)2/h3-10H,11H2,1-2H3,(H,19,23)(H,20,21). The third kappa shape index (κ3) is 5.04. The van der Waals surface area contributed by atoms with Gasteiger partial charge < -0.3 is 10.6 Å². The van der Waals surface area contributed by atoms with E-state index >= 15 is 0 Å². The van der Waals surface area contributed by atoms with Crippen molar-refractivity contribution in [3.05, 3.63) is 59.7 Å². The highest BCUT2D eigenvalue weighted by Crippen LogP contribution is 2.28. The molecule has 0 fully saturated rings. The van der Waals surface area contributed by atoms with Gasteiger partial charge in [0.05, 0.1) is 5.75 Å². The Labute approximate surface area is 154 Å². The number of rotatable bonds is 6. The lowest BCUT2D eigenvalue weighted by Gasteiger charge is -2.05.